The lowest BCUT2D eigenvalue weighted by molar-refractivity contribution is -0.187. The van der Waals surface area contributed by atoms with Gasteiger partial charge in [0.1, 0.15) is 6.04 Å². The minimum atomic E-state index is -4.09. The molecule has 96 valence electrons. The molecule has 1 atom stereocenters. The third-order valence-electron chi connectivity index (χ3n) is 2.99. The predicted molar refractivity (Wildman–Crippen MR) is 58.4 cm³/mol. The van der Waals surface area contributed by atoms with Gasteiger partial charge in [-0.25, -0.2) is 0 Å². The first kappa shape index (κ1) is 13.8. The van der Waals surface area contributed by atoms with Crippen LogP contribution in [0.1, 0.15) is 26.7 Å². The van der Waals surface area contributed by atoms with Crippen molar-refractivity contribution in [3.8, 4) is 0 Å². The zero-order valence-electron chi connectivity index (χ0n) is 9.98. The van der Waals surface area contributed by atoms with E-state index in [0.29, 0.717) is 38.5 Å². The molecule has 1 rings (SSSR count). The highest BCUT2D eigenvalue weighted by Gasteiger charge is 2.43. The van der Waals surface area contributed by atoms with E-state index in [1.807, 2.05) is 13.8 Å². The van der Waals surface area contributed by atoms with Crippen LogP contribution in [-0.2, 0) is 0 Å². The van der Waals surface area contributed by atoms with Crippen LogP contribution < -0.4 is 5.32 Å². The quantitative estimate of drug-likeness (QED) is 0.808. The molecule has 0 bridgehead atoms. The summed E-state index contributed by atoms with van der Waals surface area (Å²) in [5, 5.41) is 3.08. The first-order valence-electron chi connectivity index (χ1n) is 5.92. The van der Waals surface area contributed by atoms with E-state index in [9.17, 15) is 13.2 Å². The van der Waals surface area contributed by atoms with E-state index in [1.54, 1.807) is 4.90 Å². The van der Waals surface area contributed by atoms with Crippen molar-refractivity contribution in [2.24, 2.45) is 5.92 Å². The molecule has 1 fully saturated rings. The molecule has 0 radical (unpaired) electrons. The smallest absolute Gasteiger partial charge is 0.314 e. The second-order valence-electron chi connectivity index (χ2n) is 4.81. The largest absolute Gasteiger partial charge is 0.404 e. The Balaban J connectivity index is 2.55. The van der Waals surface area contributed by atoms with Crippen LogP contribution in [0.3, 0.4) is 0 Å². The van der Waals surface area contributed by atoms with Crippen LogP contribution in [0.25, 0.3) is 0 Å². The fourth-order valence-electron chi connectivity index (χ4n) is 2.04. The number of rotatable bonds is 4. The molecule has 0 spiro atoms. The van der Waals surface area contributed by atoms with Gasteiger partial charge in [0.15, 0.2) is 0 Å². The third kappa shape index (κ3) is 4.29. The molecule has 1 heterocycles. The first-order chi connectivity index (χ1) is 7.41. The van der Waals surface area contributed by atoms with E-state index in [4.69, 9.17) is 0 Å². The third-order valence-corrected chi connectivity index (χ3v) is 2.99. The Kier molecular flexibility index (Phi) is 5.05. The van der Waals surface area contributed by atoms with Crippen LogP contribution in [0.4, 0.5) is 13.2 Å². The van der Waals surface area contributed by atoms with Gasteiger partial charge < -0.3 is 5.32 Å². The summed E-state index contributed by atoms with van der Waals surface area (Å²) in [6, 6.07) is -1.25. The van der Waals surface area contributed by atoms with Gasteiger partial charge in [-0.3, -0.25) is 4.90 Å². The number of alkyl halides is 3. The number of nitrogens with zero attached hydrogens (tertiary/aromatic N) is 1. The molecule has 1 aliphatic rings. The van der Waals surface area contributed by atoms with Crippen molar-refractivity contribution in [1.29, 1.82) is 0 Å². The maximum atomic E-state index is 12.9. The molecule has 16 heavy (non-hydrogen) atoms. The molecular weight excluding hydrogens is 217 g/mol. The second-order valence-corrected chi connectivity index (χ2v) is 4.81. The van der Waals surface area contributed by atoms with Gasteiger partial charge in [0, 0.05) is 26.2 Å². The molecule has 2 nitrogen and oxygen atoms in total. The average Bonchev–Trinajstić information content (AvgIpc) is 2.17. The van der Waals surface area contributed by atoms with Crippen LogP contribution in [0.5, 0.6) is 0 Å². The molecule has 0 aliphatic carbocycles. The Morgan fingerprint density at radius 3 is 2.12 bits per heavy atom. The minimum Gasteiger partial charge on any atom is -0.314 e. The predicted octanol–water partition coefficient (Wildman–Crippen LogP) is 2.26. The van der Waals surface area contributed by atoms with Crippen LogP contribution in [-0.4, -0.2) is 43.3 Å². The Labute approximate surface area is 95.2 Å². The van der Waals surface area contributed by atoms with Crippen LogP contribution in [0, 0.1) is 5.92 Å². The molecule has 0 aromatic heterocycles. The fourth-order valence-corrected chi connectivity index (χ4v) is 2.04. The molecule has 1 aliphatic heterocycles. The molecule has 1 N–H and O–H groups in total. The standard InChI is InChI=1S/C11H21F3N2/c1-9(2)3-4-10(11(12,13)14)16-7-5-15-6-8-16/h9-10,15H,3-8H2,1-2H3/t10-/m0/s1. The first-order valence-corrected chi connectivity index (χ1v) is 5.92. The lowest BCUT2D eigenvalue weighted by Crippen LogP contribution is -2.53. The Morgan fingerprint density at radius 2 is 1.69 bits per heavy atom. The zero-order chi connectivity index (χ0) is 12.2. The van der Waals surface area contributed by atoms with Gasteiger partial charge in [-0.2, -0.15) is 13.2 Å². The molecule has 1 saturated heterocycles. The zero-order valence-corrected chi connectivity index (χ0v) is 9.98. The maximum absolute atomic E-state index is 12.9. The van der Waals surface area contributed by atoms with E-state index in [1.165, 1.54) is 0 Å². The molecule has 0 amide bonds. The number of halogens is 3. The summed E-state index contributed by atoms with van der Waals surface area (Å²) in [5.41, 5.74) is 0. The number of nitrogens with one attached hydrogen (secondary N) is 1. The van der Waals surface area contributed by atoms with E-state index in [2.05, 4.69) is 5.32 Å². The number of hydrogen-bond donors (Lipinski definition) is 1. The lowest BCUT2D eigenvalue weighted by atomic mass is 10.0. The fraction of sp³-hybridized carbons (Fsp3) is 1.00. The van der Waals surface area contributed by atoms with Gasteiger partial charge in [0.05, 0.1) is 0 Å². The number of hydrogen-bond acceptors (Lipinski definition) is 2. The average molecular weight is 238 g/mol. The highest BCUT2D eigenvalue weighted by Crippen LogP contribution is 2.29. The number of piperazine rings is 1. The van der Waals surface area contributed by atoms with Crippen LogP contribution >= 0.6 is 0 Å². The summed E-state index contributed by atoms with van der Waals surface area (Å²) < 4.78 is 38.7. The SMILES string of the molecule is CC(C)CC[C@H](N1CCNCC1)C(F)(F)F. The van der Waals surface area contributed by atoms with Gasteiger partial charge >= 0.3 is 6.18 Å². The molecule has 5 heteroatoms. The second kappa shape index (κ2) is 5.87. The molecule has 0 unspecified atom stereocenters. The van der Waals surface area contributed by atoms with Crippen molar-refractivity contribution in [2.75, 3.05) is 26.2 Å². The van der Waals surface area contributed by atoms with Crippen LogP contribution in [0.2, 0.25) is 0 Å². The molecular formula is C11H21F3N2. The van der Waals surface area contributed by atoms with Gasteiger partial charge in [-0.1, -0.05) is 13.8 Å². The normalized spacial score (nSPS) is 21.4. The van der Waals surface area contributed by atoms with Crippen molar-refractivity contribution in [2.45, 2.75) is 38.9 Å². The van der Waals surface area contributed by atoms with Crippen LogP contribution in [0.15, 0.2) is 0 Å². The van der Waals surface area contributed by atoms with E-state index in [-0.39, 0.29) is 6.42 Å². The molecule has 0 saturated carbocycles. The highest BCUT2D eigenvalue weighted by molar-refractivity contribution is 4.82. The van der Waals surface area contributed by atoms with Crippen molar-refractivity contribution in [3.05, 3.63) is 0 Å². The Morgan fingerprint density at radius 1 is 1.12 bits per heavy atom. The van der Waals surface area contributed by atoms with Gasteiger partial charge in [-0.05, 0) is 18.8 Å². The van der Waals surface area contributed by atoms with E-state index < -0.39 is 12.2 Å². The molecule has 0 aromatic carbocycles. The van der Waals surface area contributed by atoms with E-state index >= 15 is 0 Å². The van der Waals surface area contributed by atoms with Crippen molar-refractivity contribution in [3.63, 3.8) is 0 Å². The van der Waals surface area contributed by atoms with Gasteiger partial charge in [0.25, 0.3) is 0 Å². The summed E-state index contributed by atoms with van der Waals surface area (Å²) in [6.07, 6.45) is -3.23. The lowest BCUT2D eigenvalue weighted by Gasteiger charge is -2.36. The summed E-state index contributed by atoms with van der Waals surface area (Å²) in [7, 11) is 0. The Bertz CT molecular complexity index is 198. The summed E-state index contributed by atoms with van der Waals surface area (Å²) >= 11 is 0. The monoisotopic (exact) mass is 238 g/mol. The van der Waals surface area contributed by atoms with Gasteiger partial charge in [0.2, 0.25) is 0 Å². The van der Waals surface area contributed by atoms with Gasteiger partial charge in [-0.15, -0.1) is 0 Å². The summed E-state index contributed by atoms with van der Waals surface area (Å²) in [6.45, 7) is 6.25. The topological polar surface area (TPSA) is 15.3 Å². The maximum Gasteiger partial charge on any atom is 0.404 e. The van der Waals surface area contributed by atoms with Crippen molar-refractivity contribution >= 4 is 0 Å². The highest BCUT2D eigenvalue weighted by atomic mass is 19.4. The van der Waals surface area contributed by atoms with E-state index in [0.717, 1.165) is 0 Å². The van der Waals surface area contributed by atoms with Crippen molar-refractivity contribution < 1.29 is 13.2 Å². The summed E-state index contributed by atoms with van der Waals surface area (Å²) in [4.78, 5) is 1.57. The molecule has 0 aromatic rings. The van der Waals surface area contributed by atoms with Crippen molar-refractivity contribution in [1.82, 2.24) is 10.2 Å². The minimum absolute atomic E-state index is 0.223. The Hall–Kier alpha value is -0.290. The summed E-state index contributed by atoms with van der Waals surface area (Å²) in [5.74, 6) is 0.327.